The highest BCUT2D eigenvalue weighted by Crippen LogP contribution is 2.15. The molecule has 0 bridgehead atoms. The van der Waals surface area contributed by atoms with E-state index in [1.807, 2.05) is 24.3 Å². The Morgan fingerprint density at radius 1 is 1.40 bits per heavy atom. The van der Waals surface area contributed by atoms with Crippen LogP contribution in [0.25, 0.3) is 0 Å². The zero-order chi connectivity index (χ0) is 14.4. The van der Waals surface area contributed by atoms with Crippen LogP contribution in [0, 0.1) is 0 Å². The van der Waals surface area contributed by atoms with Gasteiger partial charge in [-0.15, -0.1) is 5.10 Å². The minimum atomic E-state index is -0.889. The maximum absolute atomic E-state index is 10.5. The third kappa shape index (κ3) is 3.95. The Balaban J connectivity index is 1.93. The van der Waals surface area contributed by atoms with Crippen molar-refractivity contribution in [3.05, 3.63) is 29.8 Å². The number of aliphatic carboxylic acids is 1. The van der Waals surface area contributed by atoms with Crippen molar-refractivity contribution in [1.29, 1.82) is 0 Å². The molecule has 20 heavy (non-hydrogen) atoms. The molecular weight excluding hydrogens is 280 g/mol. The number of thioether (sulfide) groups is 1. The highest BCUT2D eigenvalue weighted by atomic mass is 32.2. The van der Waals surface area contributed by atoms with Gasteiger partial charge in [0.1, 0.15) is 5.75 Å². The van der Waals surface area contributed by atoms with Gasteiger partial charge in [0.25, 0.3) is 0 Å². The standard InChI is InChI=1S/C12H14N4O3S/c1-19-10-4-2-9(3-5-10)6-7-16-12(13-14-15-16)20-8-11(17)18/h2-5H,6-8H2,1H3,(H,17,18). The second kappa shape index (κ2) is 6.90. The number of nitrogens with zero attached hydrogens (tertiary/aromatic N) is 4. The van der Waals surface area contributed by atoms with E-state index in [-0.39, 0.29) is 5.75 Å². The van der Waals surface area contributed by atoms with Crippen molar-refractivity contribution in [3.63, 3.8) is 0 Å². The minimum Gasteiger partial charge on any atom is -0.497 e. The predicted molar refractivity (Wildman–Crippen MR) is 72.9 cm³/mol. The molecule has 0 aliphatic carbocycles. The van der Waals surface area contributed by atoms with Gasteiger partial charge in [0.05, 0.1) is 12.9 Å². The van der Waals surface area contributed by atoms with Gasteiger partial charge in [0.15, 0.2) is 0 Å². The van der Waals surface area contributed by atoms with Crippen molar-refractivity contribution in [2.45, 2.75) is 18.1 Å². The van der Waals surface area contributed by atoms with Gasteiger partial charge in [-0.2, -0.15) is 0 Å². The van der Waals surface area contributed by atoms with Gasteiger partial charge in [0, 0.05) is 6.54 Å². The molecule has 1 N–H and O–H groups in total. The van der Waals surface area contributed by atoms with Crippen LogP contribution in [0.15, 0.2) is 29.4 Å². The smallest absolute Gasteiger partial charge is 0.313 e. The molecule has 0 amide bonds. The van der Waals surface area contributed by atoms with E-state index in [1.165, 1.54) is 0 Å². The Kier molecular flexibility index (Phi) is 4.94. The number of methoxy groups -OCH3 is 1. The molecule has 0 radical (unpaired) electrons. The van der Waals surface area contributed by atoms with Crippen LogP contribution in [0.4, 0.5) is 0 Å². The summed E-state index contributed by atoms with van der Waals surface area (Å²) < 4.78 is 6.71. The minimum absolute atomic E-state index is 0.0527. The summed E-state index contributed by atoms with van der Waals surface area (Å²) in [6, 6.07) is 7.75. The van der Waals surface area contributed by atoms with E-state index in [9.17, 15) is 4.79 Å². The van der Waals surface area contributed by atoms with Crippen molar-refractivity contribution in [3.8, 4) is 5.75 Å². The molecule has 2 aromatic rings. The lowest BCUT2D eigenvalue weighted by molar-refractivity contribution is -0.133. The van der Waals surface area contributed by atoms with Gasteiger partial charge < -0.3 is 9.84 Å². The van der Waals surface area contributed by atoms with Crippen LogP contribution >= 0.6 is 11.8 Å². The lowest BCUT2D eigenvalue weighted by Gasteiger charge is -2.05. The summed E-state index contributed by atoms with van der Waals surface area (Å²) in [4.78, 5) is 10.5. The number of benzene rings is 1. The highest BCUT2D eigenvalue weighted by molar-refractivity contribution is 7.99. The number of carboxylic acid groups (broad SMARTS) is 1. The van der Waals surface area contributed by atoms with Gasteiger partial charge in [-0.05, 0) is 34.5 Å². The molecule has 0 saturated heterocycles. The van der Waals surface area contributed by atoms with E-state index in [4.69, 9.17) is 9.84 Å². The molecule has 106 valence electrons. The number of aryl methyl sites for hydroxylation is 2. The molecule has 1 heterocycles. The van der Waals surface area contributed by atoms with Crippen molar-refractivity contribution in [2.75, 3.05) is 12.9 Å². The number of tetrazole rings is 1. The summed E-state index contributed by atoms with van der Waals surface area (Å²) >= 11 is 1.11. The fourth-order valence-electron chi connectivity index (χ4n) is 1.59. The first-order valence-corrected chi connectivity index (χ1v) is 6.91. The monoisotopic (exact) mass is 294 g/mol. The first-order valence-electron chi connectivity index (χ1n) is 5.92. The van der Waals surface area contributed by atoms with Gasteiger partial charge in [-0.3, -0.25) is 4.79 Å². The van der Waals surface area contributed by atoms with Crippen LogP contribution in [0.2, 0.25) is 0 Å². The molecule has 0 spiro atoms. The molecule has 8 heteroatoms. The molecule has 0 atom stereocenters. The first-order chi connectivity index (χ1) is 9.69. The van der Waals surface area contributed by atoms with Gasteiger partial charge in [-0.25, -0.2) is 4.68 Å². The number of ether oxygens (including phenoxy) is 1. The van der Waals surface area contributed by atoms with Gasteiger partial charge >= 0.3 is 5.97 Å². The second-order valence-corrected chi connectivity index (χ2v) is 4.91. The molecule has 0 fully saturated rings. The fraction of sp³-hybridized carbons (Fsp3) is 0.333. The quantitative estimate of drug-likeness (QED) is 0.765. The Bertz CT molecular complexity index is 570. The highest BCUT2D eigenvalue weighted by Gasteiger charge is 2.09. The summed E-state index contributed by atoms with van der Waals surface area (Å²) in [6.45, 7) is 0.598. The summed E-state index contributed by atoms with van der Waals surface area (Å²) in [7, 11) is 1.63. The number of hydrogen-bond donors (Lipinski definition) is 1. The fourth-order valence-corrected chi connectivity index (χ4v) is 2.22. The largest absolute Gasteiger partial charge is 0.497 e. The lowest BCUT2D eigenvalue weighted by Crippen LogP contribution is -2.07. The molecule has 0 aliphatic heterocycles. The molecule has 2 rings (SSSR count). The van der Waals surface area contributed by atoms with Gasteiger partial charge in [-0.1, -0.05) is 23.9 Å². The lowest BCUT2D eigenvalue weighted by atomic mass is 10.1. The van der Waals surface area contributed by atoms with Crippen LogP contribution in [-0.2, 0) is 17.8 Å². The Hall–Kier alpha value is -2.09. The summed E-state index contributed by atoms with van der Waals surface area (Å²) in [5.74, 6) is -0.128. The number of carboxylic acids is 1. The molecule has 0 unspecified atom stereocenters. The van der Waals surface area contributed by atoms with E-state index in [2.05, 4.69) is 15.5 Å². The number of hydrogen-bond acceptors (Lipinski definition) is 6. The average Bonchev–Trinajstić information content (AvgIpc) is 2.91. The van der Waals surface area contributed by atoms with Crippen molar-refractivity contribution >= 4 is 17.7 Å². The first kappa shape index (κ1) is 14.3. The topological polar surface area (TPSA) is 90.1 Å². The zero-order valence-electron chi connectivity index (χ0n) is 10.9. The van der Waals surface area contributed by atoms with Crippen LogP contribution in [0.5, 0.6) is 5.75 Å². The molecule has 7 nitrogen and oxygen atoms in total. The van der Waals surface area contributed by atoms with E-state index in [1.54, 1.807) is 11.8 Å². The summed E-state index contributed by atoms with van der Waals surface area (Å²) in [6.07, 6.45) is 0.760. The summed E-state index contributed by atoms with van der Waals surface area (Å²) in [5, 5.41) is 20.4. The number of carbonyl (C=O) groups is 1. The number of aromatic nitrogens is 4. The van der Waals surface area contributed by atoms with Crippen molar-refractivity contribution in [1.82, 2.24) is 20.2 Å². The zero-order valence-corrected chi connectivity index (χ0v) is 11.7. The van der Waals surface area contributed by atoms with Crippen LogP contribution in [-0.4, -0.2) is 44.1 Å². The molecule has 1 aromatic heterocycles. The maximum Gasteiger partial charge on any atom is 0.313 e. The SMILES string of the molecule is COc1ccc(CCn2nnnc2SCC(=O)O)cc1. The Labute approximate surface area is 119 Å². The number of rotatable bonds is 7. The normalized spacial score (nSPS) is 10.4. The third-order valence-corrected chi connectivity index (χ3v) is 3.54. The molecule has 1 aromatic carbocycles. The molecule has 0 saturated carbocycles. The van der Waals surface area contributed by atoms with Crippen LogP contribution < -0.4 is 4.74 Å². The Morgan fingerprint density at radius 3 is 2.80 bits per heavy atom. The second-order valence-electron chi connectivity index (χ2n) is 3.97. The van der Waals surface area contributed by atoms with E-state index < -0.39 is 5.97 Å². The average molecular weight is 294 g/mol. The van der Waals surface area contributed by atoms with Crippen LogP contribution in [0.3, 0.4) is 0 Å². The predicted octanol–water partition coefficient (Wildman–Crippen LogP) is 1.10. The van der Waals surface area contributed by atoms with E-state index >= 15 is 0 Å². The van der Waals surface area contributed by atoms with E-state index in [0.717, 1.165) is 29.5 Å². The van der Waals surface area contributed by atoms with Crippen LogP contribution in [0.1, 0.15) is 5.56 Å². The summed E-state index contributed by atoms with van der Waals surface area (Å²) in [5.41, 5.74) is 1.13. The third-order valence-electron chi connectivity index (χ3n) is 2.60. The van der Waals surface area contributed by atoms with Crippen molar-refractivity contribution < 1.29 is 14.6 Å². The molecular formula is C12H14N4O3S. The van der Waals surface area contributed by atoms with Crippen molar-refractivity contribution in [2.24, 2.45) is 0 Å². The molecule has 0 aliphatic rings. The maximum atomic E-state index is 10.5. The van der Waals surface area contributed by atoms with E-state index in [0.29, 0.717) is 11.7 Å². The van der Waals surface area contributed by atoms with Gasteiger partial charge in [0.2, 0.25) is 5.16 Å². The Morgan fingerprint density at radius 2 is 2.15 bits per heavy atom.